The van der Waals surface area contributed by atoms with E-state index in [9.17, 15) is 18.0 Å². The van der Waals surface area contributed by atoms with Gasteiger partial charge >= 0.3 is 6.36 Å². The van der Waals surface area contributed by atoms with Crippen LogP contribution in [0.15, 0.2) is 42.5 Å². The molecule has 0 bridgehead atoms. The average molecular weight is 517 g/mol. The number of carbonyl (C=O) groups is 1. The molecule has 0 radical (unpaired) electrons. The molecule has 2 atom stereocenters. The van der Waals surface area contributed by atoms with Gasteiger partial charge in [-0.3, -0.25) is 4.79 Å². The number of alkyl halides is 3. The number of amides is 1. The van der Waals surface area contributed by atoms with Crippen molar-refractivity contribution in [2.75, 3.05) is 19.4 Å². The highest BCUT2D eigenvalue weighted by Gasteiger charge is 2.35. The SMILES string of the molecule is C[C@@H]1C[C@@H](n2c(Nc3ccc(OC(F)(F)F)cc3)nc3cc(CCC(=O)N(C)C)ccc32)CC(C)(C)C1. The normalized spacial score (nSPS) is 19.6. The second kappa shape index (κ2) is 10.3. The standard InChI is InChI=1S/C28H35F3N4O2/c1-18-14-21(17-27(2,3)16-18)35-24-12-6-19(7-13-25(36)34(4)5)15-23(24)33-26(35)32-20-8-10-22(11-9-20)37-28(29,30)31/h6,8-12,15,18,21H,7,13-14,16-17H2,1-5H3,(H,32,33)/t18-,21-/m1/s1. The predicted octanol–water partition coefficient (Wildman–Crippen LogP) is 7.09. The third kappa shape index (κ3) is 6.76. The molecule has 1 N–H and O–H groups in total. The molecule has 3 aromatic rings. The number of halogens is 3. The summed E-state index contributed by atoms with van der Waals surface area (Å²) in [6, 6.07) is 12.0. The fourth-order valence-electron chi connectivity index (χ4n) is 5.59. The van der Waals surface area contributed by atoms with Gasteiger partial charge in [0.25, 0.3) is 0 Å². The van der Waals surface area contributed by atoms with Crippen LogP contribution >= 0.6 is 0 Å². The maximum absolute atomic E-state index is 12.6. The maximum atomic E-state index is 12.6. The molecule has 0 saturated heterocycles. The van der Waals surface area contributed by atoms with E-state index < -0.39 is 6.36 Å². The van der Waals surface area contributed by atoms with E-state index in [1.807, 2.05) is 12.1 Å². The van der Waals surface area contributed by atoms with Gasteiger partial charge in [0.15, 0.2) is 0 Å². The summed E-state index contributed by atoms with van der Waals surface area (Å²) in [6.45, 7) is 6.86. The summed E-state index contributed by atoms with van der Waals surface area (Å²) < 4.78 is 43.9. The van der Waals surface area contributed by atoms with Gasteiger partial charge in [0.2, 0.25) is 11.9 Å². The summed E-state index contributed by atoms with van der Waals surface area (Å²) in [7, 11) is 3.50. The van der Waals surface area contributed by atoms with Crippen molar-refractivity contribution in [3.05, 3.63) is 48.0 Å². The van der Waals surface area contributed by atoms with Gasteiger partial charge in [0.05, 0.1) is 11.0 Å². The first-order valence-electron chi connectivity index (χ1n) is 12.6. The van der Waals surface area contributed by atoms with Crippen LogP contribution in [-0.4, -0.2) is 40.8 Å². The quantitative estimate of drug-likeness (QED) is 0.364. The summed E-state index contributed by atoms with van der Waals surface area (Å²) in [5, 5.41) is 3.33. The number of hydrogen-bond acceptors (Lipinski definition) is 4. The van der Waals surface area contributed by atoms with Gasteiger partial charge in [-0.2, -0.15) is 0 Å². The van der Waals surface area contributed by atoms with Gasteiger partial charge < -0.3 is 19.5 Å². The number of anilines is 2. The Labute approximate surface area is 215 Å². The van der Waals surface area contributed by atoms with Crippen molar-refractivity contribution >= 4 is 28.6 Å². The first-order chi connectivity index (χ1) is 17.3. The Hall–Kier alpha value is -3.23. The molecule has 1 aliphatic carbocycles. The highest BCUT2D eigenvalue weighted by atomic mass is 19.4. The Morgan fingerprint density at radius 2 is 1.86 bits per heavy atom. The molecule has 1 aromatic heterocycles. The van der Waals surface area contributed by atoms with E-state index in [1.165, 1.54) is 12.1 Å². The van der Waals surface area contributed by atoms with E-state index in [2.05, 4.69) is 41.5 Å². The van der Waals surface area contributed by atoms with E-state index in [4.69, 9.17) is 4.98 Å². The monoisotopic (exact) mass is 516 g/mol. The number of carbonyl (C=O) groups excluding carboxylic acids is 1. The lowest BCUT2D eigenvalue weighted by Crippen LogP contribution is -2.29. The Morgan fingerprint density at radius 3 is 2.49 bits per heavy atom. The molecule has 4 rings (SSSR count). The molecule has 6 nitrogen and oxygen atoms in total. The van der Waals surface area contributed by atoms with Gasteiger partial charge in [0.1, 0.15) is 5.75 Å². The van der Waals surface area contributed by atoms with Gasteiger partial charge in [-0.25, -0.2) is 4.98 Å². The molecule has 1 fully saturated rings. The fourth-order valence-corrected chi connectivity index (χ4v) is 5.59. The fraction of sp³-hybridized carbons (Fsp3) is 0.500. The second-order valence-corrected chi connectivity index (χ2v) is 11.2. The molecule has 1 aliphatic rings. The van der Waals surface area contributed by atoms with Crippen LogP contribution in [0.25, 0.3) is 11.0 Å². The number of aryl methyl sites for hydroxylation is 1. The first kappa shape index (κ1) is 26.8. The van der Waals surface area contributed by atoms with Crippen LogP contribution < -0.4 is 10.1 Å². The van der Waals surface area contributed by atoms with Crippen LogP contribution in [-0.2, 0) is 11.2 Å². The predicted molar refractivity (Wildman–Crippen MR) is 139 cm³/mol. The first-order valence-corrected chi connectivity index (χ1v) is 12.6. The average Bonchev–Trinajstić information content (AvgIpc) is 3.13. The largest absolute Gasteiger partial charge is 0.573 e. The zero-order chi connectivity index (χ0) is 27.0. The summed E-state index contributed by atoms with van der Waals surface area (Å²) in [5.41, 5.74) is 3.65. The van der Waals surface area contributed by atoms with E-state index in [-0.39, 0.29) is 23.1 Å². The number of imidazole rings is 1. The lowest BCUT2D eigenvalue weighted by Gasteiger charge is -2.40. The van der Waals surface area contributed by atoms with Crippen molar-refractivity contribution < 1.29 is 22.7 Å². The highest BCUT2D eigenvalue weighted by molar-refractivity contribution is 5.81. The third-order valence-electron chi connectivity index (χ3n) is 6.95. The molecule has 200 valence electrons. The lowest BCUT2D eigenvalue weighted by atomic mass is 9.70. The van der Waals surface area contributed by atoms with Gasteiger partial charge in [0, 0.05) is 32.2 Å². The van der Waals surface area contributed by atoms with Crippen molar-refractivity contribution in [1.82, 2.24) is 14.5 Å². The third-order valence-corrected chi connectivity index (χ3v) is 6.95. The smallest absolute Gasteiger partial charge is 0.406 e. The number of aromatic nitrogens is 2. The van der Waals surface area contributed by atoms with Crippen LogP contribution in [0.1, 0.15) is 58.1 Å². The minimum atomic E-state index is -4.73. The Kier molecular flexibility index (Phi) is 7.44. The highest BCUT2D eigenvalue weighted by Crippen LogP contribution is 2.46. The number of ether oxygens (including phenoxy) is 1. The minimum absolute atomic E-state index is 0.0735. The molecule has 9 heteroatoms. The topological polar surface area (TPSA) is 59.4 Å². The zero-order valence-corrected chi connectivity index (χ0v) is 22.0. The Morgan fingerprint density at radius 1 is 1.16 bits per heavy atom. The van der Waals surface area contributed by atoms with Crippen molar-refractivity contribution in [2.45, 2.75) is 65.3 Å². The molecular formula is C28H35F3N4O2. The summed E-state index contributed by atoms with van der Waals surface area (Å²) >= 11 is 0. The number of rotatable bonds is 7. The van der Waals surface area contributed by atoms with E-state index in [0.717, 1.165) is 35.9 Å². The molecule has 1 saturated carbocycles. The molecule has 0 unspecified atom stereocenters. The van der Waals surface area contributed by atoms with Crippen molar-refractivity contribution in [3.8, 4) is 5.75 Å². The van der Waals surface area contributed by atoms with Gasteiger partial charge in [-0.05, 0) is 79.0 Å². The summed E-state index contributed by atoms with van der Waals surface area (Å²) in [6.07, 6.45) is -0.524. The Balaban J connectivity index is 1.68. The summed E-state index contributed by atoms with van der Waals surface area (Å²) in [5.74, 6) is 1.00. The van der Waals surface area contributed by atoms with Crippen LogP contribution in [0.5, 0.6) is 5.75 Å². The van der Waals surface area contributed by atoms with Crippen molar-refractivity contribution in [2.24, 2.45) is 11.3 Å². The number of hydrogen-bond donors (Lipinski definition) is 1. The number of nitrogens with one attached hydrogen (secondary N) is 1. The van der Waals surface area contributed by atoms with Crippen molar-refractivity contribution in [1.29, 1.82) is 0 Å². The van der Waals surface area contributed by atoms with Crippen LogP contribution in [0, 0.1) is 11.3 Å². The van der Waals surface area contributed by atoms with Crippen LogP contribution in [0.4, 0.5) is 24.8 Å². The zero-order valence-electron chi connectivity index (χ0n) is 22.0. The van der Waals surface area contributed by atoms with Gasteiger partial charge in [-0.1, -0.05) is 26.8 Å². The van der Waals surface area contributed by atoms with Crippen LogP contribution in [0.3, 0.4) is 0 Å². The van der Waals surface area contributed by atoms with E-state index in [0.29, 0.717) is 30.4 Å². The second-order valence-electron chi connectivity index (χ2n) is 11.2. The molecule has 1 heterocycles. The van der Waals surface area contributed by atoms with E-state index in [1.54, 1.807) is 31.1 Å². The molecule has 2 aromatic carbocycles. The number of benzene rings is 2. The molecule has 37 heavy (non-hydrogen) atoms. The Bertz CT molecular complexity index is 1250. The van der Waals surface area contributed by atoms with Crippen LogP contribution in [0.2, 0.25) is 0 Å². The molecule has 0 aliphatic heterocycles. The number of fused-ring (bicyclic) bond motifs is 1. The molecule has 1 amide bonds. The minimum Gasteiger partial charge on any atom is -0.406 e. The van der Waals surface area contributed by atoms with E-state index >= 15 is 0 Å². The lowest BCUT2D eigenvalue weighted by molar-refractivity contribution is -0.274. The van der Waals surface area contributed by atoms with Crippen molar-refractivity contribution in [3.63, 3.8) is 0 Å². The van der Waals surface area contributed by atoms with Gasteiger partial charge in [-0.15, -0.1) is 13.2 Å². The molecular weight excluding hydrogens is 481 g/mol. The molecule has 0 spiro atoms. The summed E-state index contributed by atoms with van der Waals surface area (Å²) in [4.78, 5) is 18.6. The maximum Gasteiger partial charge on any atom is 0.573 e. The number of nitrogens with zero attached hydrogens (tertiary/aromatic N) is 3.